The normalized spacial score (nSPS) is 11.0. The third-order valence-electron chi connectivity index (χ3n) is 2.95. The topological polar surface area (TPSA) is 58.4 Å². The Bertz CT molecular complexity index is 399. The van der Waals surface area contributed by atoms with Gasteiger partial charge in [-0.25, -0.2) is 0 Å². The first-order valence-corrected chi connectivity index (χ1v) is 6.52. The quantitative estimate of drug-likeness (QED) is 0.835. The maximum Gasteiger partial charge on any atom is 0.272 e. The first-order chi connectivity index (χ1) is 8.54. The molecule has 0 fully saturated rings. The van der Waals surface area contributed by atoms with Crippen LogP contribution < -0.4 is 0 Å². The molecule has 1 rings (SSSR count). The fourth-order valence-electron chi connectivity index (χ4n) is 1.82. The van der Waals surface area contributed by atoms with Crippen LogP contribution in [0.15, 0.2) is 6.07 Å². The van der Waals surface area contributed by atoms with E-state index >= 15 is 0 Å². The highest BCUT2D eigenvalue weighted by Crippen LogP contribution is 2.16. The second-order valence-electron chi connectivity index (χ2n) is 4.53. The summed E-state index contributed by atoms with van der Waals surface area (Å²) in [6, 6.07) is 1.86. The van der Waals surface area contributed by atoms with E-state index < -0.39 is 0 Å². The van der Waals surface area contributed by atoms with Crippen molar-refractivity contribution in [2.45, 2.75) is 40.2 Å². The van der Waals surface area contributed by atoms with Gasteiger partial charge >= 0.3 is 0 Å². The van der Waals surface area contributed by atoms with E-state index in [4.69, 9.17) is 5.11 Å². The number of aryl methyl sites for hydroxylation is 1. The second-order valence-corrected chi connectivity index (χ2v) is 4.53. The van der Waals surface area contributed by atoms with Crippen LogP contribution >= 0.6 is 0 Å². The number of aliphatic hydroxyl groups is 1. The van der Waals surface area contributed by atoms with Crippen LogP contribution in [0.25, 0.3) is 0 Å². The number of amides is 1. The molecule has 5 nitrogen and oxygen atoms in total. The van der Waals surface area contributed by atoms with Crippen molar-refractivity contribution in [3.8, 4) is 0 Å². The summed E-state index contributed by atoms with van der Waals surface area (Å²) in [6.45, 7) is 9.59. The van der Waals surface area contributed by atoms with Crippen LogP contribution in [0.3, 0.4) is 0 Å². The Kier molecular flexibility index (Phi) is 5.34. The molecule has 1 aromatic heterocycles. The van der Waals surface area contributed by atoms with Gasteiger partial charge in [-0.3, -0.25) is 9.48 Å². The lowest BCUT2D eigenvalue weighted by Gasteiger charge is -2.19. The Morgan fingerprint density at radius 1 is 1.50 bits per heavy atom. The second kappa shape index (κ2) is 6.54. The molecule has 0 atom stereocenters. The highest BCUT2D eigenvalue weighted by atomic mass is 16.3. The summed E-state index contributed by atoms with van der Waals surface area (Å²) in [5.41, 5.74) is 1.54. The summed E-state index contributed by atoms with van der Waals surface area (Å²) in [7, 11) is 0. The van der Waals surface area contributed by atoms with E-state index in [2.05, 4.69) is 18.9 Å². The van der Waals surface area contributed by atoms with Crippen molar-refractivity contribution in [1.82, 2.24) is 14.7 Å². The molecule has 102 valence electrons. The minimum absolute atomic E-state index is 0.0170. The van der Waals surface area contributed by atoms with Gasteiger partial charge in [0, 0.05) is 19.6 Å². The molecule has 18 heavy (non-hydrogen) atoms. The summed E-state index contributed by atoms with van der Waals surface area (Å²) < 4.78 is 1.73. The average molecular weight is 253 g/mol. The van der Waals surface area contributed by atoms with Gasteiger partial charge in [0.05, 0.1) is 12.3 Å². The largest absolute Gasteiger partial charge is 0.395 e. The number of rotatable bonds is 6. The van der Waals surface area contributed by atoms with Gasteiger partial charge in [-0.2, -0.15) is 5.10 Å². The van der Waals surface area contributed by atoms with E-state index in [1.165, 1.54) is 0 Å². The van der Waals surface area contributed by atoms with Crippen LogP contribution in [0.1, 0.15) is 49.8 Å². The van der Waals surface area contributed by atoms with Gasteiger partial charge in [0.2, 0.25) is 0 Å². The Balaban J connectivity index is 3.03. The minimum Gasteiger partial charge on any atom is -0.395 e. The molecule has 0 saturated heterocycles. The van der Waals surface area contributed by atoms with Crippen molar-refractivity contribution in [1.29, 1.82) is 0 Å². The summed E-state index contributed by atoms with van der Waals surface area (Å²) in [4.78, 5) is 14.0. The van der Waals surface area contributed by atoms with Gasteiger partial charge in [0.15, 0.2) is 0 Å². The number of nitrogens with zero attached hydrogens (tertiary/aromatic N) is 3. The Hall–Kier alpha value is -1.36. The fraction of sp³-hybridized carbons (Fsp3) is 0.692. The SMILES string of the molecule is CCN(CCO)C(=O)c1cc(C(C)C)nn1CC. The zero-order valence-electron chi connectivity index (χ0n) is 11.7. The van der Waals surface area contributed by atoms with Crippen LogP contribution in [0.2, 0.25) is 0 Å². The maximum atomic E-state index is 12.3. The zero-order valence-corrected chi connectivity index (χ0v) is 11.7. The molecule has 0 saturated carbocycles. The van der Waals surface area contributed by atoms with Crippen LogP contribution in [-0.4, -0.2) is 45.4 Å². The molecule has 0 radical (unpaired) electrons. The summed E-state index contributed by atoms with van der Waals surface area (Å²) >= 11 is 0. The first-order valence-electron chi connectivity index (χ1n) is 6.52. The van der Waals surface area contributed by atoms with E-state index in [-0.39, 0.29) is 12.5 Å². The summed E-state index contributed by atoms with van der Waals surface area (Å²) in [5, 5.41) is 13.4. The van der Waals surface area contributed by atoms with Crippen molar-refractivity contribution in [2.24, 2.45) is 0 Å². The lowest BCUT2D eigenvalue weighted by molar-refractivity contribution is 0.0719. The van der Waals surface area contributed by atoms with E-state index in [0.29, 0.717) is 31.2 Å². The van der Waals surface area contributed by atoms with E-state index in [1.54, 1.807) is 9.58 Å². The molecule has 0 unspecified atom stereocenters. The predicted molar refractivity (Wildman–Crippen MR) is 70.7 cm³/mol. The number of aliphatic hydroxyl groups excluding tert-OH is 1. The predicted octanol–water partition coefficient (Wildman–Crippen LogP) is 1.48. The Morgan fingerprint density at radius 2 is 2.17 bits per heavy atom. The number of aromatic nitrogens is 2. The molecule has 0 bridgehead atoms. The molecule has 1 N–H and O–H groups in total. The molecule has 1 aromatic rings. The third kappa shape index (κ3) is 3.10. The van der Waals surface area contributed by atoms with E-state index in [9.17, 15) is 4.79 Å². The molecule has 0 aliphatic heterocycles. The van der Waals surface area contributed by atoms with Gasteiger partial charge in [-0.05, 0) is 25.8 Å². The standard InChI is InChI=1S/C13H23N3O2/c1-5-15(7-8-17)13(18)12-9-11(10(3)4)14-16(12)6-2/h9-10,17H,5-8H2,1-4H3. The number of carbonyl (C=O) groups excluding carboxylic acids is 1. The summed E-state index contributed by atoms with van der Waals surface area (Å²) in [6.07, 6.45) is 0. The maximum absolute atomic E-state index is 12.3. The van der Waals surface area contributed by atoms with E-state index in [1.807, 2.05) is 19.9 Å². The van der Waals surface area contributed by atoms with Crippen LogP contribution in [0.5, 0.6) is 0 Å². The van der Waals surface area contributed by atoms with Crippen LogP contribution in [-0.2, 0) is 6.54 Å². The molecule has 0 aliphatic carbocycles. The molecule has 0 spiro atoms. The summed E-state index contributed by atoms with van der Waals surface area (Å²) in [5.74, 6) is 0.241. The lowest BCUT2D eigenvalue weighted by Crippen LogP contribution is -2.34. The van der Waals surface area contributed by atoms with E-state index in [0.717, 1.165) is 5.69 Å². The van der Waals surface area contributed by atoms with Gasteiger partial charge in [0.25, 0.3) is 5.91 Å². The first kappa shape index (κ1) is 14.7. The van der Waals surface area contributed by atoms with Crippen LogP contribution in [0.4, 0.5) is 0 Å². The molecular weight excluding hydrogens is 230 g/mol. The van der Waals surface area contributed by atoms with Crippen molar-refractivity contribution >= 4 is 5.91 Å². The monoisotopic (exact) mass is 253 g/mol. The van der Waals surface area contributed by atoms with Gasteiger partial charge in [0.1, 0.15) is 5.69 Å². The number of hydrogen-bond donors (Lipinski definition) is 1. The van der Waals surface area contributed by atoms with Crippen molar-refractivity contribution in [3.05, 3.63) is 17.5 Å². The van der Waals surface area contributed by atoms with Crippen molar-refractivity contribution in [3.63, 3.8) is 0 Å². The molecule has 1 amide bonds. The lowest BCUT2D eigenvalue weighted by atomic mass is 10.1. The van der Waals surface area contributed by atoms with Crippen LogP contribution in [0, 0.1) is 0 Å². The van der Waals surface area contributed by atoms with Gasteiger partial charge in [-0.1, -0.05) is 13.8 Å². The van der Waals surface area contributed by atoms with Gasteiger partial charge in [-0.15, -0.1) is 0 Å². The molecule has 5 heteroatoms. The minimum atomic E-state index is -0.0622. The Morgan fingerprint density at radius 3 is 2.61 bits per heavy atom. The zero-order chi connectivity index (χ0) is 13.7. The van der Waals surface area contributed by atoms with Crippen molar-refractivity contribution < 1.29 is 9.90 Å². The third-order valence-corrected chi connectivity index (χ3v) is 2.95. The Labute approximate surface area is 108 Å². The number of carbonyl (C=O) groups is 1. The molecule has 1 heterocycles. The fourth-order valence-corrected chi connectivity index (χ4v) is 1.82. The number of likely N-dealkylation sites (N-methyl/N-ethyl adjacent to an activating group) is 1. The van der Waals surface area contributed by atoms with Crippen molar-refractivity contribution in [2.75, 3.05) is 19.7 Å². The molecule has 0 aromatic carbocycles. The molecular formula is C13H23N3O2. The highest BCUT2D eigenvalue weighted by molar-refractivity contribution is 5.92. The van der Waals surface area contributed by atoms with Gasteiger partial charge < -0.3 is 10.0 Å². The number of hydrogen-bond acceptors (Lipinski definition) is 3. The smallest absolute Gasteiger partial charge is 0.272 e. The molecule has 0 aliphatic rings. The highest BCUT2D eigenvalue weighted by Gasteiger charge is 2.20. The average Bonchev–Trinajstić information content (AvgIpc) is 2.79.